The van der Waals surface area contributed by atoms with Gasteiger partial charge in [-0.2, -0.15) is 5.10 Å². The van der Waals surface area contributed by atoms with Crippen LogP contribution in [-0.2, 0) is 4.79 Å². The Morgan fingerprint density at radius 2 is 2.00 bits per heavy atom. The smallest absolute Gasteiger partial charge is 0.267 e. The van der Waals surface area contributed by atoms with Crippen LogP contribution in [0.5, 0.6) is 0 Å². The van der Waals surface area contributed by atoms with E-state index in [-0.39, 0.29) is 18.3 Å². The van der Waals surface area contributed by atoms with Gasteiger partial charge < -0.3 is 0 Å². The first-order valence-electron chi connectivity index (χ1n) is 6.21. The fraction of sp³-hybridized carbons (Fsp3) is 0.231. The van der Waals surface area contributed by atoms with Crippen LogP contribution in [0.25, 0.3) is 11.3 Å². The van der Waals surface area contributed by atoms with E-state index in [9.17, 15) is 4.79 Å². The molecular formula is C13H13Cl2N5O. The average Bonchev–Trinajstić information content (AvgIpc) is 2.52. The molecule has 0 atom stereocenters. The maximum Gasteiger partial charge on any atom is 0.267 e. The van der Waals surface area contributed by atoms with E-state index in [1.54, 1.807) is 24.3 Å². The lowest BCUT2D eigenvalue weighted by Gasteiger charge is -2.14. The van der Waals surface area contributed by atoms with Crippen molar-refractivity contribution in [3.05, 3.63) is 35.5 Å². The number of alkyl halides is 1. The molecule has 0 bridgehead atoms. The molecule has 0 aliphatic heterocycles. The van der Waals surface area contributed by atoms with E-state index in [1.165, 1.54) is 6.20 Å². The Kier molecular flexibility index (Phi) is 5.44. The van der Waals surface area contributed by atoms with Gasteiger partial charge in [0.2, 0.25) is 5.91 Å². The molecule has 110 valence electrons. The Bertz CT molecular complexity index is 620. The molecule has 2 rings (SSSR count). The van der Waals surface area contributed by atoms with E-state index in [4.69, 9.17) is 29.0 Å². The number of aromatic nitrogens is 3. The van der Waals surface area contributed by atoms with E-state index in [0.29, 0.717) is 23.0 Å². The lowest BCUT2D eigenvalue weighted by molar-refractivity contribution is -0.118. The second kappa shape index (κ2) is 7.31. The quantitative estimate of drug-likeness (QED) is 0.395. The topological polar surface area (TPSA) is 85.0 Å². The number of benzene rings is 1. The maximum atomic E-state index is 11.8. The maximum absolute atomic E-state index is 11.8. The zero-order chi connectivity index (χ0) is 15.2. The molecule has 1 amide bonds. The fourth-order valence-corrected chi connectivity index (χ4v) is 1.87. The monoisotopic (exact) mass is 325 g/mol. The van der Waals surface area contributed by atoms with Gasteiger partial charge in [0.25, 0.3) is 5.95 Å². The summed E-state index contributed by atoms with van der Waals surface area (Å²) in [4.78, 5) is 16.0. The van der Waals surface area contributed by atoms with Crippen LogP contribution < -0.4 is 10.9 Å². The summed E-state index contributed by atoms with van der Waals surface area (Å²) >= 11 is 11.4. The minimum Gasteiger partial charge on any atom is -0.273 e. The van der Waals surface area contributed by atoms with Crippen LogP contribution >= 0.6 is 23.2 Å². The van der Waals surface area contributed by atoms with Crippen LogP contribution in [0.2, 0.25) is 5.02 Å². The van der Waals surface area contributed by atoms with Gasteiger partial charge in [-0.1, -0.05) is 23.7 Å². The van der Waals surface area contributed by atoms with Crippen molar-refractivity contribution < 1.29 is 4.79 Å². The summed E-state index contributed by atoms with van der Waals surface area (Å²) in [6, 6.07) is 7.08. The molecule has 0 saturated carbocycles. The van der Waals surface area contributed by atoms with Gasteiger partial charge in [-0.15, -0.1) is 16.7 Å². The van der Waals surface area contributed by atoms with Gasteiger partial charge >= 0.3 is 0 Å². The normalized spacial score (nSPS) is 10.4. The lowest BCUT2D eigenvalue weighted by atomic mass is 10.2. The number of hydrazine groups is 1. The second-order valence-corrected chi connectivity index (χ2v) is 5.02. The standard InChI is InChI=1S/C13H13Cl2N5O/c14-7-1-2-12(21)20(16)13-18-11(8-17-19-13)9-3-5-10(15)6-4-9/h3-6,8H,1-2,7,16H2. The first-order chi connectivity index (χ1) is 10.1. The minimum absolute atomic E-state index is 0.0435. The highest BCUT2D eigenvalue weighted by atomic mass is 35.5. The highest BCUT2D eigenvalue weighted by Gasteiger charge is 2.15. The molecule has 0 aliphatic rings. The first kappa shape index (κ1) is 15.6. The fourth-order valence-electron chi connectivity index (χ4n) is 1.61. The molecular weight excluding hydrogens is 313 g/mol. The molecule has 1 aromatic carbocycles. The van der Waals surface area contributed by atoms with E-state index in [0.717, 1.165) is 10.6 Å². The van der Waals surface area contributed by atoms with E-state index in [2.05, 4.69) is 15.2 Å². The summed E-state index contributed by atoms with van der Waals surface area (Å²) in [5.41, 5.74) is 1.36. The predicted octanol–water partition coefficient (Wildman–Crippen LogP) is 2.42. The van der Waals surface area contributed by atoms with Crippen LogP contribution in [0.3, 0.4) is 0 Å². The Balaban J connectivity index is 2.21. The minimum atomic E-state index is -0.314. The van der Waals surface area contributed by atoms with Gasteiger partial charge in [0, 0.05) is 22.9 Å². The van der Waals surface area contributed by atoms with E-state index in [1.807, 2.05) is 0 Å². The third-order valence-corrected chi connectivity index (χ3v) is 3.22. The number of nitrogens with zero attached hydrogens (tertiary/aromatic N) is 4. The molecule has 2 N–H and O–H groups in total. The molecule has 1 heterocycles. The number of carbonyl (C=O) groups excluding carboxylic acids is 1. The molecule has 0 unspecified atom stereocenters. The largest absolute Gasteiger partial charge is 0.273 e. The van der Waals surface area contributed by atoms with Crippen molar-refractivity contribution in [2.24, 2.45) is 5.84 Å². The SMILES string of the molecule is NN(C(=O)CCCCl)c1nncc(-c2ccc(Cl)cc2)n1. The molecule has 6 nitrogen and oxygen atoms in total. The average molecular weight is 326 g/mol. The van der Waals surface area contributed by atoms with Gasteiger partial charge in [0.1, 0.15) is 0 Å². The highest BCUT2D eigenvalue weighted by Crippen LogP contribution is 2.20. The van der Waals surface area contributed by atoms with Crippen LogP contribution in [0.4, 0.5) is 5.95 Å². The van der Waals surface area contributed by atoms with Gasteiger partial charge in [-0.05, 0) is 18.6 Å². The third kappa shape index (κ3) is 4.10. The molecule has 0 fully saturated rings. The molecule has 8 heteroatoms. The summed E-state index contributed by atoms with van der Waals surface area (Å²) in [5, 5.41) is 9.10. The van der Waals surface area contributed by atoms with Crippen LogP contribution in [0.1, 0.15) is 12.8 Å². The Morgan fingerprint density at radius 3 is 2.67 bits per heavy atom. The van der Waals surface area contributed by atoms with Crippen LogP contribution in [0.15, 0.2) is 30.5 Å². The van der Waals surface area contributed by atoms with E-state index >= 15 is 0 Å². The summed E-state index contributed by atoms with van der Waals surface area (Å²) in [6.45, 7) is 0. The highest BCUT2D eigenvalue weighted by molar-refractivity contribution is 6.30. The van der Waals surface area contributed by atoms with Crippen molar-refractivity contribution >= 4 is 35.1 Å². The zero-order valence-corrected chi connectivity index (χ0v) is 12.6. The number of anilines is 1. The van der Waals surface area contributed by atoms with Crippen LogP contribution in [0, 0.1) is 0 Å². The predicted molar refractivity (Wildman–Crippen MR) is 81.9 cm³/mol. The second-order valence-electron chi connectivity index (χ2n) is 4.20. The molecule has 21 heavy (non-hydrogen) atoms. The van der Waals surface area contributed by atoms with Crippen molar-refractivity contribution in [1.29, 1.82) is 0 Å². The summed E-state index contributed by atoms with van der Waals surface area (Å²) in [5.74, 6) is 5.83. The van der Waals surface area contributed by atoms with Crippen molar-refractivity contribution in [1.82, 2.24) is 15.2 Å². The number of amides is 1. The molecule has 1 aromatic heterocycles. The molecule has 0 spiro atoms. The summed E-state index contributed by atoms with van der Waals surface area (Å²) in [7, 11) is 0. The van der Waals surface area contributed by atoms with Crippen LogP contribution in [-0.4, -0.2) is 27.0 Å². The molecule has 0 radical (unpaired) electrons. The summed E-state index contributed by atoms with van der Waals surface area (Å²) < 4.78 is 0. The van der Waals surface area contributed by atoms with Gasteiger partial charge in [-0.3, -0.25) is 4.79 Å². The molecule has 0 aliphatic carbocycles. The Hall–Kier alpha value is -1.76. The van der Waals surface area contributed by atoms with Crippen molar-refractivity contribution in [3.8, 4) is 11.3 Å². The number of hydrogen-bond acceptors (Lipinski definition) is 5. The van der Waals surface area contributed by atoms with Gasteiger partial charge in [0.15, 0.2) is 0 Å². The molecule has 0 saturated heterocycles. The van der Waals surface area contributed by atoms with Crippen molar-refractivity contribution in [2.45, 2.75) is 12.8 Å². The number of hydrogen-bond donors (Lipinski definition) is 1. The summed E-state index contributed by atoms with van der Waals surface area (Å²) in [6.07, 6.45) is 2.26. The van der Waals surface area contributed by atoms with Crippen molar-refractivity contribution in [3.63, 3.8) is 0 Å². The zero-order valence-electron chi connectivity index (χ0n) is 11.0. The lowest BCUT2D eigenvalue weighted by Crippen LogP contribution is -2.39. The molecule has 2 aromatic rings. The Labute approximate surface area is 131 Å². The number of halogens is 2. The van der Waals surface area contributed by atoms with Gasteiger partial charge in [0.05, 0.1) is 11.9 Å². The Morgan fingerprint density at radius 1 is 1.29 bits per heavy atom. The number of rotatable bonds is 5. The third-order valence-electron chi connectivity index (χ3n) is 2.70. The first-order valence-corrected chi connectivity index (χ1v) is 7.12. The number of carbonyl (C=O) groups is 1. The van der Waals surface area contributed by atoms with E-state index < -0.39 is 0 Å². The van der Waals surface area contributed by atoms with Gasteiger partial charge in [-0.25, -0.2) is 15.8 Å². The number of nitrogens with two attached hydrogens (primary N) is 1. The van der Waals surface area contributed by atoms with Crippen molar-refractivity contribution in [2.75, 3.05) is 10.9 Å².